The highest BCUT2D eigenvalue weighted by Crippen LogP contribution is 2.18. The van der Waals surface area contributed by atoms with Gasteiger partial charge >= 0.3 is 0 Å². The van der Waals surface area contributed by atoms with Crippen molar-refractivity contribution in [1.82, 2.24) is 15.3 Å². The Bertz CT molecular complexity index is 711. The minimum absolute atomic E-state index is 0.0450. The highest BCUT2D eigenvalue weighted by atomic mass is 16.3. The average molecular weight is 342 g/mol. The zero-order valence-corrected chi connectivity index (χ0v) is 15.0. The Kier molecular flexibility index (Phi) is 6.09. The van der Waals surface area contributed by atoms with Crippen LogP contribution in [0.5, 0.6) is 0 Å². The second-order valence-electron chi connectivity index (χ2n) is 6.93. The SMILES string of the molecule is C[C@@H](CCCC(C)(C)O)NC(=O)c1nc(-c2ccccc2)cnc1N. The second kappa shape index (κ2) is 8.07. The number of nitrogens with one attached hydrogen (secondary N) is 1. The standard InChI is InChI=1S/C19H26N4O2/c1-13(8-7-11-19(2,3)25)22-18(24)16-17(20)21-12-15(23-16)14-9-5-4-6-10-14/h4-6,9-10,12-13,25H,7-8,11H2,1-3H3,(H2,20,21)(H,22,24)/t13-/m0/s1. The van der Waals surface area contributed by atoms with E-state index in [1.165, 1.54) is 0 Å². The molecule has 0 fully saturated rings. The molecule has 1 aromatic heterocycles. The summed E-state index contributed by atoms with van der Waals surface area (Å²) in [6.45, 7) is 5.48. The molecule has 0 saturated carbocycles. The Morgan fingerprint density at radius 2 is 2.00 bits per heavy atom. The Hall–Kier alpha value is -2.47. The van der Waals surface area contributed by atoms with Gasteiger partial charge in [0.15, 0.2) is 11.5 Å². The van der Waals surface area contributed by atoms with Crippen LogP contribution in [0.15, 0.2) is 36.5 Å². The molecule has 1 amide bonds. The fourth-order valence-electron chi connectivity index (χ4n) is 2.52. The summed E-state index contributed by atoms with van der Waals surface area (Å²) in [7, 11) is 0. The third kappa shape index (κ3) is 5.83. The predicted octanol–water partition coefficient (Wildman–Crippen LogP) is 2.79. The molecule has 0 aliphatic heterocycles. The van der Waals surface area contributed by atoms with E-state index in [1.54, 1.807) is 20.0 Å². The molecule has 6 heteroatoms. The van der Waals surface area contributed by atoms with Crippen molar-refractivity contribution in [3.8, 4) is 11.3 Å². The first-order valence-corrected chi connectivity index (χ1v) is 8.47. The minimum Gasteiger partial charge on any atom is -0.390 e. The van der Waals surface area contributed by atoms with Gasteiger partial charge in [0.1, 0.15) is 0 Å². The Balaban J connectivity index is 2.04. The molecule has 25 heavy (non-hydrogen) atoms. The number of carbonyl (C=O) groups excluding carboxylic acids is 1. The van der Waals surface area contributed by atoms with Crippen molar-refractivity contribution in [1.29, 1.82) is 0 Å². The van der Waals surface area contributed by atoms with Gasteiger partial charge in [0.2, 0.25) is 0 Å². The number of rotatable bonds is 7. The highest BCUT2D eigenvalue weighted by molar-refractivity contribution is 5.96. The van der Waals surface area contributed by atoms with Gasteiger partial charge in [-0.2, -0.15) is 0 Å². The molecule has 6 nitrogen and oxygen atoms in total. The predicted molar refractivity (Wildman–Crippen MR) is 99.0 cm³/mol. The van der Waals surface area contributed by atoms with Gasteiger partial charge in [-0.05, 0) is 40.0 Å². The molecule has 0 bridgehead atoms. The monoisotopic (exact) mass is 342 g/mol. The van der Waals surface area contributed by atoms with Crippen molar-refractivity contribution in [3.63, 3.8) is 0 Å². The normalized spacial score (nSPS) is 12.6. The maximum atomic E-state index is 12.5. The van der Waals surface area contributed by atoms with E-state index in [2.05, 4.69) is 15.3 Å². The quantitative estimate of drug-likeness (QED) is 0.718. The molecule has 1 aromatic carbocycles. The van der Waals surface area contributed by atoms with Crippen LogP contribution in [0, 0.1) is 0 Å². The lowest BCUT2D eigenvalue weighted by Crippen LogP contribution is -2.34. The van der Waals surface area contributed by atoms with E-state index in [0.29, 0.717) is 12.1 Å². The lowest BCUT2D eigenvalue weighted by atomic mass is 10.00. The number of amides is 1. The summed E-state index contributed by atoms with van der Waals surface area (Å²) in [4.78, 5) is 21.0. The summed E-state index contributed by atoms with van der Waals surface area (Å²) >= 11 is 0. The van der Waals surface area contributed by atoms with Crippen LogP contribution in [0.3, 0.4) is 0 Å². The Morgan fingerprint density at radius 3 is 2.64 bits per heavy atom. The zero-order valence-electron chi connectivity index (χ0n) is 15.0. The van der Waals surface area contributed by atoms with E-state index in [-0.39, 0.29) is 23.5 Å². The van der Waals surface area contributed by atoms with Crippen LogP contribution < -0.4 is 11.1 Å². The summed E-state index contributed by atoms with van der Waals surface area (Å²) < 4.78 is 0. The minimum atomic E-state index is -0.691. The van der Waals surface area contributed by atoms with Gasteiger partial charge in [-0.25, -0.2) is 9.97 Å². The van der Waals surface area contributed by atoms with Gasteiger partial charge in [-0.15, -0.1) is 0 Å². The molecule has 1 atom stereocenters. The fraction of sp³-hybridized carbons (Fsp3) is 0.421. The van der Waals surface area contributed by atoms with Crippen molar-refractivity contribution in [2.75, 3.05) is 5.73 Å². The Morgan fingerprint density at radius 1 is 1.32 bits per heavy atom. The fourth-order valence-corrected chi connectivity index (χ4v) is 2.52. The number of benzene rings is 1. The molecule has 2 aromatic rings. The number of anilines is 1. The Labute approximate surface area is 148 Å². The number of nitrogen functional groups attached to an aromatic ring is 1. The van der Waals surface area contributed by atoms with Gasteiger partial charge in [-0.1, -0.05) is 30.3 Å². The second-order valence-corrected chi connectivity index (χ2v) is 6.93. The number of aliphatic hydroxyl groups is 1. The molecule has 0 aliphatic rings. The number of aromatic nitrogens is 2. The molecule has 134 valence electrons. The van der Waals surface area contributed by atoms with Crippen molar-refractivity contribution >= 4 is 11.7 Å². The lowest BCUT2D eigenvalue weighted by Gasteiger charge is -2.19. The highest BCUT2D eigenvalue weighted by Gasteiger charge is 2.18. The van der Waals surface area contributed by atoms with Crippen LogP contribution in [0.4, 0.5) is 5.82 Å². The van der Waals surface area contributed by atoms with Crippen LogP contribution in [0.1, 0.15) is 50.5 Å². The van der Waals surface area contributed by atoms with Crippen molar-refractivity contribution in [3.05, 3.63) is 42.2 Å². The first kappa shape index (κ1) is 18.9. The van der Waals surface area contributed by atoms with E-state index in [1.807, 2.05) is 37.3 Å². The molecule has 4 N–H and O–H groups in total. The van der Waals surface area contributed by atoms with Crippen LogP contribution in [-0.2, 0) is 0 Å². The molecule has 0 saturated heterocycles. The van der Waals surface area contributed by atoms with Gasteiger partial charge in [-0.3, -0.25) is 4.79 Å². The zero-order chi connectivity index (χ0) is 18.4. The number of nitrogens with zero attached hydrogens (tertiary/aromatic N) is 2. The third-order valence-corrected chi connectivity index (χ3v) is 3.89. The summed E-state index contributed by atoms with van der Waals surface area (Å²) in [6, 6.07) is 9.48. The maximum absolute atomic E-state index is 12.5. The lowest BCUT2D eigenvalue weighted by molar-refractivity contribution is 0.0674. The molecule has 2 rings (SSSR count). The largest absolute Gasteiger partial charge is 0.390 e. The van der Waals surface area contributed by atoms with E-state index in [0.717, 1.165) is 18.4 Å². The average Bonchev–Trinajstić information content (AvgIpc) is 2.54. The van der Waals surface area contributed by atoms with Crippen LogP contribution in [0.25, 0.3) is 11.3 Å². The summed E-state index contributed by atoms with van der Waals surface area (Å²) in [6.07, 6.45) is 3.82. The van der Waals surface area contributed by atoms with Crippen molar-refractivity contribution in [2.45, 2.75) is 51.7 Å². The first-order chi connectivity index (χ1) is 11.8. The summed E-state index contributed by atoms with van der Waals surface area (Å²) in [5.74, 6) is -0.223. The number of carbonyl (C=O) groups is 1. The number of hydrogen-bond acceptors (Lipinski definition) is 5. The molecule has 1 heterocycles. The maximum Gasteiger partial charge on any atom is 0.273 e. The van der Waals surface area contributed by atoms with Gasteiger partial charge < -0.3 is 16.2 Å². The van der Waals surface area contributed by atoms with Crippen LogP contribution in [0.2, 0.25) is 0 Å². The van der Waals surface area contributed by atoms with E-state index >= 15 is 0 Å². The van der Waals surface area contributed by atoms with E-state index < -0.39 is 5.60 Å². The molecule has 0 unspecified atom stereocenters. The first-order valence-electron chi connectivity index (χ1n) is 8.47. The van der Waals surface area contributed by atoms with Gasteiger partial charge in [0.25, 0.3) is 5.91 Å². The molecule has 0 radical (unpaired) electrons. The summed E-state index contributed by atoms with van der Waals surface area (Å²) in [5, 5.41) is 12.6. The molecule has 0 spiro atoms. The van der Waals surface area contributed by atoms with E-state index in [4.69, 9.17) is 5.73 Å². The van der Waals surface area contributed by atoms with E-state index in [9.17, 15) is 9.90 Å². The molecular formula is C19H26N4O2. The topological polar surface area (TPSA) is 101 Å². The molecule has 0 aliphatic carbocycles. The van der Waals surface area contributed by atoms with Gasteiger partial charge in [0, 0.05) is 11.6 Å². The third-order valence-electron chi connectivity index (χ3n) is 3.89. The van der Waals surface area contributed by atoms with Crippen molar-refractivity contribution in [2.24, 2.45) is 0 Å². The smallest absolute Gasteiger partial charge is 0.273 e. The van der Waals surface area contributed by atoms with Crippen molar-refractivity contribution < 1.29 is 9.90 Å². The molecular weight excluding hydrogens is 316 g/mol. The number of nitrogens with two attached hydrogens (primary N) is 1. The van der Waals surface area contributed by atoms with Gasteiger partial charge in [0.05, 0.1) is 17.5 Å². The van der Waals surface area contributed by atoms with Crippen LogP contribution in [-0.4, -0.2) is 32.6 Å². The summed E-state index contributed by atoms with van der Waals surface area (Å²) in [5.41, 5.74) is 6.76. The van der Waals surface area contributed by atoms with Crippen LogP contribution >= 0.6 is 0 Å². The number of hydrogen-bond donors (Lipinski definition) is 3.